The van der Waals surface area contributed by atoms with Crippen LogP contribution >= 0.6 is 0 Å². The van der Waals surface area contributed by atoms with Crippen molar-refractivity contribution in [3.05, 3.63) is 17.5 Å². The number of carbonyl (C=O) groups is 1. The lowest BCUT2D eigenvalue weighted by Crippen LogP contribution is -2.38. The minimum atomic E-state index is 0.0207. The molecule has 1 aromatic heterocycles. The molecule has 1 unspecified atom stereocenters. The first-order valence-electron chi connectivity index (χ1n) is 5.70. The normalized spacial score (nSPS) is 12.9. The quantitative estimate of drug-likeness (QED) is 0.844. The molecule has 0 aromatic carbocycles. The average molecular weight is 223 g/mol. The van der Waals surface area contributed by atoms with Gasteiger partial charge in [0.05, 0.1) is 5.69 Å². The van der Waals surface area contributed by atoms with Crippen molar-refractivity contribution in [1.29, 1.82) is 0 Å². The van der Waals surface area contributed by atoms with Gasteiger partial charge in [0, 0.05) is 11.7 Å². The van der Waals surface area contributed by atoms with E-state index in [0.717, 1.165) is 11.4 Å². The van der Waals surface area contributed by atoms with Crippen LogP contribution in [0.2, 0.25) is 0 Å². The largest absolute Gasteiger partial charge is 0.352 e. The number of hydrogen-bond donors (Lipinski definition) is 1. The van der Waals surface area contributed by atoms with E-state index in [9.17, 15) is 4.79 Å². The zero-order valence-corrected chi connectivity index (χ0v) is 10.7. The second-order valence-corrected chi connectivity index (χ2v) is 4.68. The maximum absolute atomic E-state index is 11.7. The number of nitrogens with zero attached hydrogens (tertiary/aromatic N) is 2. The summed E-state index contributed by atoms with van der Waals surface area (Å²) < 4.78 is 1.73. The SMILES string of the molecule is Cc1cc(C)n(CC(=O)NC(C)C(C)C)n1. The molecule has 1 amide bonds. The number of aromatic nitrogens is 2. The Hall–Kier alpha value is -1.32. The van der Waals surface area contributed by atoms with Crippen LogP contribution in [0.4, 0.5) is 0 Å². The van der Waals surface area contributed by atoms with E-state index in [-0.39, 0.29) is 11.9 Å². The Kier molecular flexibility index (Phi) is 4.10. The topological polar surface area (TPSA) is 46.9 Å². The van der Waals surface area contributed by atoms with E-state index >= 15 is 0 Å². The van der Waals surface area contributed by atoms with E-state index in [1.165, 1.54) is 0 Å². The molecule has 0 radical (unpaired) electrons. The fourth-order valence-electron chi connectivity index (χ4n) is 1.44. The van der Waals surface area contributed by atoms with Crippen LogP contribution in [0.15, 0.2) is 6.07 Å². The molecule has 1 heterocycles. The highest BCUT2D eigenvalue weighted by molar-refractivity contribution is 5.76. The van der Waals surface area contributed by atoms with Crippen molar-refractivity contribution in [3.63, 3.8) is 0 Å². The Bertz CT molecular complexity index is 368. The van der Waals surface area contributed by atoms with Crippen LogP contribution in [0.3, 0.4) is 0 Å². The second kappa shape index (κ2) is 5.14. The lowest BCUT2D eigenvalue weighted by atomic mass is 10.1. The summed E-state index contributed by atoms with van der Waals surface area (Å²) in [6.45, 7) is 10.4. The van der Waals surface area contributed by atoms with E-state index in [0.29, 0.717) is 12.5 Å². The van der Waals surface area contributed by atoms with Gasteiger partial charge in [0.2, 0.25) is 5.91 Å². The summed E-state index contributed by atoms with van der Waals surface area (Å²) >= 11 is 0. The first kappa shape index (κ1) is 12.7. The maximum Gasteiger partial charge on any atom is 0.241 e. The Morgan fingerprint density at radius 1 is 1.44 bits per heavy atom. The molecule has 1 aromatic rings. The van der Waals surface area contributed by atoms with Gasteiger partial charge in [0.25, 0.3) is 0 Å². The molecule has 0 saturated carbocycles. The van der Waals surface area contributed by atoms with Crippen molar-refractivity contribution >= 4 is 5.91 Å². The smallest absolute Gasteiger partial charge is 0.241 e. The van der Waals surface area contributed by atoms with Gasteiger partial charge < -0.3 is 5.32 Å². The van der Waals surface area contributed by atoms with Crippen molar-refractivity contribution in [2.45, 2.75) is 47.2 Å². The molecule has 0 spiro atoms. The second-order valence-electron chi connectivity index (χ2n) is 4.68. The molecule has 0 fully saturated rings. The van der Waals surface area contributed by atoms with Gasteiger partial charge in [-0.1, -0.05) is 13.8 Å². The Morgan fingerprint density at radius 2 is 2.06 bits per heavy atom. The molecule has 4 heteroatoms. The van der Waals surface area contributed by atoms with Crippen molar-refractivity contribution in [1.82, 2.24) is 15.1 Å². The lowest BCUT2D eigenvalue weighted by molar-refractivity contribution is -0.122. The van der Waals surface area contributed by atoms with Gasteiger partial charge in [-0.15, -0.1) is 0 Å². The summed E-state index contributed by atoms with van der Waals surface area (Å²) in [6.07, 6.45) is 0. The molecule has 90 valence electrons. The zero-order valence-electron chi connectivity index (χ0n) is 10.7. The minimum absolute atomic E-state index is 0.0207. The first-order valence-corrected chi connectivity index (χ1v) is 5.70. The van der Waals surface area contributed by atoms with Gasteiger partial charge in [-0.05, 0) is 32.8 Å². The summed E-state index contributed by atoms with van der Waals surface area (Å²) in [5.41, 5.74) is 1.96. The Labute approximate surface area is 97.0 Å². The predicted molar refractivity (Wildman–Crippen MR) is 64.1 cm³/mol. The van der Waals surface area contributed by atoms with Crippen LogP contribution in [0.5, 0.6) is 0 Å². The third kappa shape index (κ3) is 3.36. The van der Waals surface area contributed by atoms with Crippen LogP contribution in [-0.4, -0.2) is 21.7 Å². The monoisotopic (exact) mass is 223 g/mol. The number of rotatable bonds is 4. The van der Waals surface area contributed by atoms with E-state index in [4.69, 9.17) is 0 Å². The molecule has 0 aliphatic heterocycles. The van der Waals surface area contributed by atoms with Gasteiger partial charge in [-0.2, -0.15) is 5.10 Å². The Balaban J connectivity index is 2.55. The standard InChI is InChI=1S/C12H21N3O/c1-8(2)11(5)13-12(16)7-15-10(4)6-9(3)14-15/h6,8,11H,7H2,1-5H3,(H,13,16). The summed E-state index contributed by atoms with van der Waals surface area (Å²) in [5.74, 6) is 0.469. The molecule has 0 saturated heterocycles. The molecule has 1 N–H and O–H groups in total. The number of aryl methyl sites for hydroxylation is 2. The van der Waals surface area contributed by atoms with Crippen LogP contribution in [0.1, 0.15) is 32.2 Å². The molecular weight excluding hydrogens is 202 g/mol. The predicted octanol–water partition coefficient (Wildman–Crippen LogP) is 1.66. The van der Waals surface area contributed by atoms with E-state index < -0.39 is 0 Å². The van der Waals surface area contributed by atoms with Crippen molar-refractivity contribution in [2.75, 3.05) is 0 Å². The summed E-state index contributed by atoms with van der Waals surface area (Å²) in [7, 11) is 0. The molecule has 0 bridgehead atoms. The highest BCUT2D eigenvalue weighted by atomic mass is 16.2. The molecule has 1 atom stereocenters. The maximum atomic E-state index is 11.7. The summed E-state index contributed by atoms with van der Waals surface area (Å²) in [5, 5.41) is 7.22. The van der Waals surface area contributed by atoms with Crippen molar-refractivity contribution in [2.24, 2.45) is 5.92 Å². The van der Waals surface area contributed by atoms with Gasteiger partial charge in [-0.25, -0.2) is 0 Å². The molecule has 16 heavy (non-hydrogen) atoms. The van der Waals surface area contributed by atoms with E-state index in [1.807, 2.05) is 26.8 Å². The highest BCUT2D eigenvalue weighted by Gasteiger charge is 2.12. The van der Waals surface area contributed by atoms with Gasteiger partial charge in [-0.3, -0.25) is 9.48 Å². The van der Waals surface area contributed by atoms with Gasteiger partial charge in [0.1, 0.15) is 6.54 Å². The molecule has 1 rings (SSSR count). The molecule has 4 nitrogen and oxygen atoms in total. The number of hydrogen-bond acceptors (Lipinski definition) is 2. The number of amides is 1. The highest BCUT2D eigenvalue weighted by Crippen LogP contribution is 2.03. The molecule has 0 aliphatic rings. The summed E-state index contributed by atoms with van der Waals surface area (Å²) in [4.78, 5) is 11.7. The Morgan fingerprint density at radius 3 is 2.50 bits per heavy atom. The zero-order chi connectivity index (χ0) is 12.3. The van der Waals surface area contributed by atoms with Crippen LogP contribution in [0, 0.1) is 19.8 Å². The third-order valence-electron chi connectivity index (χ3n) is 2.79. The first-order chi connectivity index (χ1) is 7.40. The van der Waals surface area contributed by atoms with Crippen molar-refractivity contribution in [3.8, 4) is 0 Å². The molecular formula is C12H21N3O. The number of carbonyl (C=O) groups excluding carboxylic acids is 1. The van der Waals surface area contributed by atoms with Crippen LogP contribution in [0.25, 0.3) is 0 Å². The fraction of sp³-hybridized carbons (Fsp3) is 0.667. The van der Waals surface area contributed by atoms with E-state index in [2.05, 4.69) is 24.3 Å². The number of nitrogens with one attached hydrogen (secondary N) is 1. The molecule has 0 aliphatic carbocycles. The fourth-order valence-corrected chi connectivity index (χ4v) is 1.44. The average Bonchev–Trinajstić information content (AvgIpc) is 2.44. The van der Waals surface area contributed by atoms with Gasteiger partial charge >= 0.3 is 0 Å². The van der Waals surface area contributed by atoms with Crippen LogP contribution in [-0.2, 0) is 11.3 Å². The van der Waals surface area contributed by atoms with Crippen molar-refractivity contribution < 1.29 is 4.79 Å². The van der Waals surface area contributed by atoms with Crippen LogP contribution < -0.4 is 5.32 Å². The third-order valence-corrected chi connectivity index (χ3v) is 2.79. The summed E-state index contributed by atoms with van der Waals surface area (Å²) in [6, 6.07) is 2.17. The lowest BCUT2D eigenvalue weighted by Gasteiger charge is -2.17. The van der Waals surface area contributed by atoms with Gasteiger partial charge in [0.15, 0.2) is 0 Å². The van der Waals surface area contributed by atoms with E-state index in [1.54, 1.807) is 4.68 Å². The minimum Gasteiger partial charge on any atom is -0.352 e.